The van der Waals surface area contributed by atoms with Crippen molar-refractivity contribution in [3.05, 3.63) is 29.3 Å². The van der Waals surface area contributed by atoms with Crippen LogP contribution < -0.4 is 0 Å². The molecule has 0 amide bonds. The van der Waals surface area contributed by atoms with Gasteiger partial charge in [0, 0.05) is 16.3 Å². The van der Waals surface area contributed by atoms with Crippen molar-refractivity contribution in [2.45, 2.75) is 19.3 Å². The van der Waals surface area contributed by atoms with Crippen molar-refractivity contribution in [2.24, 2.45) is 15.6 Å². The van der Waals surface area contributed by atoms with E-state index in [1.165, 1.54) is 0 Å². The molecule has 0 saturated heterocycles. The zero-order valence-corrected chi connectivity index (χ0v) is 12.3. The smallest absolute Gasteiger partial charge is 0.203 e. The molecule has 0 radical (unpaired) electrons. The van der Waals surface area contributed by atoms with Gasteiger partial charge in [0.15, 0.2) is 5.78 Å². The van der Waals surface area contributed by atoms with Gasteiger partial charge in [0.25, 0.3) is 0 Å². The molecule has 1 aromatic carbocycles. The zero-order valence-electron chi connectivity index (χ0n) is 10.0. The number of ketones is 1. The van der Waals surface area contributed by atoms with Crippen molar-refractivity contribution in [1.82, 2.24) is 0 Å². The maximum atomic E-state index is 11.9. The van der Waals surface area contributed by atoms with Crippen molar-refractivity contribution in [3.8, 4) is 0 Å². The highest BCUT2D eigenvalue weighted by Crippen LogP contribution is 2.24. The standard InChI is InChI=1S/C12H13Cl3N2O/c1-12(2,7-13)10(18)11(15)17-16-9-5-3-8(14)4-6-9/h3-6,11H,7H2,1-2H3. The summed E-state index contributed by atoms with van der Waals surface area (Å²) in [6.45, 7) is 3.44. The molecule has 3 nitrogen and oxygen atoms in total. The van der Waals surface area contributed by atoms with Crippen molar-refractivity contribution in [2.75, 3.05) is 5.88 Å². The lowest BCUT2D eigenvalue weighted by Gasteiger charge is -2.20. The molecule has 0 bridgehead atoms. The number of carbonyl (C=O) groups is 1. The lowest BCUT2D eigenvalue weighted by atomic mass is 9.90. The number of nitrogens with zero attached hydrogens (tertiary/aromatic N) is 2. The van der Waals surface area contributed by atoms with E-state index in [9.17, 15) is 4.79 Å². The molecule has 0 spiro atoms. The fraction of sp³-hybridized carbons (Fsp3) is 0.417. The average Bonchev–Trinajstić information content (AvgIpc) is 2.36. The Morgan fingerprint density at radius 1 is 1.33 bits per heavy atom. The molecule has 1 aromatic rings. The zero-order chi connectivity index (χ0) is 13.8. The molecule has 1 rings (SSSR count). The monoisotopic (exact) mass is 306 g/mol. The van der Waals surface area contributed by atoms with Gasteiger partial charge < -0.3 is 0 Å². The molecule has 1 atom stereocenters. The molecule has 1 unspecified atom stereocenters. The van der Waals surface area contributed by atoms with Crippen LogP contribution >= 0.6 is 34.8 Å². The summed E-state index contributed by atoms with van der Waals surface area (Å²) in [5, 5.41) is 8.27. The Balaban J connectivity index is 2.73. The van der Waals surface area contributed by atoms with Gasteiger partial charge in [-0.25, -0.2) is 0 Å². The molecular formula is C12H13Cl3N2O. The minimum atomic E-state index is -1.03. The molecule has 0 saturated carbocycles. The summed E-state index contributed by atoms with van der Waals surface area (Å²) >= 11 is 17.3. The Kier molecular flexibility index (Phi) is 5.57. The predicted octanol–water partition coefficient (Wildman–Crippen LogP) is 4.82. The predicted molar refractivity (Wildman–Crippen MR) is 75.1 cm³/mol. The first kappa shape index (κ1) is 15.4. The molecule has 0 aliphatic rings. The summed E-state index contributed by atoms with van der Waals surface area (Å²) in [5.74, 6) is -0.0669. The number of hydrogen-bond acceptors (Lipinski definition) is 3. The maximum Gasteiger partial charge on any atom is 0.203 e. The van der Waals surface area contributed by atoms with E-state index in [1.807, 2.05) is 0 Å². The number of hydrogen-bond donors (Lipinski definition) is 0. The third-order valence-corrected chi connectivity index (χ3v) is 3.52. The van der Waals surface area contributed by atoms with Crippen LogP contribution in [0.5, 0.6) is 0 Å². The second kappa shape index (κ2) is 6.50. The van der Waals surface area contributed by atoms with E-state index >= 15 is 0 Å². The van der Waals surface area contributed by atoms with Crippen LogP contribution in [0.25, 0.3) is 0 Å². The first-order valence-electron chi connectivity index (χ1n) is 5.27. The lowest BCUT2D eigenvalue weighted by molar-refractivity contribution is -0.125. The van der Waals surface area contributed by atoms with Crippen molar-refractivity contribution in [3.63, 3.8) is 0 Å². The molecule has 0 heterocycles. The fourth-order valence-electron chi connectivity index (χ4n) is 1.07. The first-order chi connectivity index (χ1) is 8.36. The van der Waals surface area contributed by atoms with E-state index in [0.29, 0.717) is 10.7 Å². The summed E-state index contributed by atoms with van der Waals surface area (Å²) in [4.78, 5) is 11.9. The van der Waals surface area contributed by atoms with Gasteiger partial charge in [-0.05, 0) is 24.3 Å². The van der Waals surface area contributed by atoms with E-state index in [-0.39, 0.29) is 11.7 Å². The van der Waals surface area contributed by atoms with Crippen LogP contribution in [0.2, 0.25) is 5.02 Å². The van der Waals surface area contributed by atoms with Crippen molar-refractivity contribution in [1.29, 1.82) is 0 Å². The van der Waals surface area contributed by atoms with E-state index in [1.54, 1.807) is 38.1 Å². The number of Topliss-reactive ketones (excluding diaryl/α,β-unsaturated/α-hetero) is 1. The lowest BCUT2D eigenvalue weighted by Crippen LogP contribution is -2.32. The molecular weight excluding hydrogens is 295 g/mol. The summed E-state index contributed by atoms with van der Waals surface area (Å²) in [7, 11) is 0. The molecule has 0 fully saturated rings. The second-order valence-electron chi connectivity index (χ2n) is 4.41. The van der Waals surface area contributed by atoms with E-state index in [0.717, 1.165) is 0 Å². The van der Waals surface area contributed by atoms with Gasteiger partial charge in [0.1, 0.15) is 0 Å². The van der Waals surface area contributed by atoms with Crippen LogP contribution in [0.1, 0.15) is 13.8 Å². The van der Waals surface area contributed by atoms with Gasteiger partial charge in [-0.15, -0.1) is 11.6 Å². The number of alkyl halides is 2. The van der Waals surface area contributed by atoms with Gasteiger partial charge in [-0.3, -0.25) is 4.79 Å². The SMILES string of the molecule is CC(C)(CCl)C(=O)C(Cl)N=Nc1ccc(Cl)cc1. The van der Waals surface area contributed by atoms with Crippen LogP contribution in [0.15, 0.2) is 34.5 Å². The highest BCUT2D eigenvalue weighted by Gasteiger charge is 2.32. The van der Waals surface area contributed by atoms with Gasteiger partial charge >= 0.3 is 0 Å². The largest absolute Gasteiger partial charge is 0.295 e. The van der Waals surface area contributed by atoms with Crippen LogP contribution in [0.4, 0.5) is 5.69 Å². The quantitative estimate of drug-likeness (QED) is 0.437. The molecule has 0 N–H and O–H groups in total. The number of carbonyl (C=O) groups excluding carboxylic acids is 1. The van der Waals surface area contributed by atoms with Gasteiger partial charge in [0.05, 0.1) is 5.69 Å². The molecule has 0 aliphatic heterocycles. The molecule has 6 heteroatoms. The summed E-state index contributed by atoms with van der Waals surface area (Å²) in [5.41, 5.74) is -1.16. The summed E-state index contributed by atoms with van der Waals surface area (Å²) < 4.78 is 0. The molecule has 98 valence electrons. The van der Waals surface area contributed by atoms with E-state index in [4.69, 9.17) is 34.8 Å². The van der Waals surface area contributed by atoms with Gasteiger partial charge in [-0.2, -0.15) is 10.2 Å². The van der Waals surface area contributed by atoms with Crippen LogP contribution in [0, 0.1) is 5.41 Å². The molecule has 0 aromatic heterocycles. The van der Waals surface area contributed by atoms with Gasteiger partial charge in [0.2, 0.25) is 5.50 Å². The third-order valence-electron chi connectivity index (χ3n) is 2.32. The van der Waals surface area contributed by atoms with E-state index < -0.39 is 10.9 Å². The number of azo groups is 1. The number of rotatable bonds is 5. The number of halogens is 3. The normalized spacial score (nSPS) is 13.8. The van der Waals surface area contributed by atoms with Gasteiger partial charge in [-0.1, -0.05) is 37.0 Å². The van der Waals surface area contributed by atoms with E-state index in [2.05, 4.69) is 10.2 Å². The first-order valence-corrected chi connectivity index (χ1v) is 6.62. The second-order valence-corrected chi connectivity index (χ2v) is 5.53. The highest BCUT2D eigenvalue weighted by atomic mass is 35.5. The molecule has 18 heavy (non-hydrogen) atoms. The Hall–Kier alpha value is -0.640. The highest BCUT2D eigenvalue weighted by molar-refractivity contribution is 6.32. The summed E-state index contributed by atoms with van der Waals surface area (Å²) in [6.07, 6.45) is 0. The van der Waals surface area contributed by atoms with Crippen molar-refractivity contribution >= 4 is 46.3 Å². The third kappa shape index (κ3) is 4.23. The number of benzene rings is 1. The Bertz CT molecular complexity index is 443. The van der Waals surface area contributed by atoms with Crippen LogP contribution in [0.3, 0.4) is 0 Å². The minimum absolute atomic E-state index is 0.186. The Morgan fingerprint density at radius 2 is 1.89 bits per heavy atom. The van der Waals surface area contributed by atoms with Crippen LogP contribution in [-0.2, 0) is 4.79 Å². The Labute approximate surface area is 121 Å². The minimum Gasteiger partial charge on any atom is -0.295 e. The fourth-order valence-corrected chi connectivity index (χ4v) is 1.66. The van der Waals surface area contributed by atoms with Crippen molar-refractivity contribution < 1.29 is 4.79 Å². The topological polar surface area (TPSA) is 41.8 Å². The van der Waals surface area contributed by atoms with Crippen LogP contribution in [-0.4, -0.2) is 17.2 Å². The average molecular weight is 308 g/mol. The molecule has 0 aliphatic carbocycles. The maximum absolute atomic E-state index is 11.9. The Morgan fingerprint density at radius 3 is 2.39 bits per heavy atom. The summed E-state index contributed by atoms with van der Waals surface area (Å²) in [6, 6.07) is 6.74.